The van der Waals surface area contributed by atoms with Crippen LogP contribution in [-0.4, -0.2) is 16.3 Å². The van der Waals surface area contributed by atoms with Gasteiger partial charge in [0.2, 0.25) is 0 Å². The third kappa shape index (κ3) is 3.13. The van der Waals surface area contributed by atoms with Crippen molar-refractivity contribution in [1.82, 2.24) is 15.1 Å². The lowest BCUT2D eigenvalue weighted by Crippen LogP contribution is -2.24. The van der Waals surface area contributed by atoms with E-state index < -0.39 is 11.6 Å². The van der Waals surface area contributed by atoms with E-state index in [2.05, 4.69) is 10.4 Å². The van der Waals surface area contributed by atoms with E-state index in [4.69, 9.17) is 0 Å². The van der Waals surface area contributed by atoms with Crippen LogP contribution in [0.2, 0.25) is 0 Å². The van der Waals surface area contributed by atoms with Gasteiger partial charge in [-0.05, 0) is 19.1 Å². The van der Waals surface area contributed by atoms with Crippen molar-refractivity contribution in [1.29, 1.82) is 0 Å². The van der Waals surface area contributed by atoms with E-state index in [1.54, 1.807) is 10.9 Å². The summed E-state index contributed by atoms with van der Waals surface area (Å²) in [5.74, 6) is -1.07. The van der Waals surface area contributed by atoms with Gasteiger partial charge in [-0.25, -0.2) is 8.78 Å². The Morgan fingerprint density at radius 2 is 2.22 bits per heavy atom. The van der Waals surface area contributed by atoms with Gasteiger partial charge in [0, 0.05) is 36.6 Å². The van der Waals surface area contributed by atoms with Crippen molar-refractivity contribution in [2.24, 2.45) is 0 Å². The fraction of sp³-hybridized carbons (Fsp3) is 0.308. The number of rotatable bonds is 5. The van der Waals surface area contributed by atoms with E-state index in [1.165, 1.54) is 12.1 Å². The van der Waals surface area contributed by atoms with Gasteiger partial charge >= 0.3 is 0 Å². The van der Waals surface area contributed by atoms with Crippen LogP contribution in [0.25, 0.3) is 0 Å². The topological polar surface area (TPSA) is 29.9 Å². The van der Waals surface area contributed by atoms with Crippen molar-refractivity contribution >= 4 is 0 Å². The third-order valence-electron chi connectivity index (χ3n) is 2.78. The maximum atomic E-state index is 13.5. The zero-order valence-corrected chi connectivity index (χ0v) is 10.1. The molecular formula is C13H15F2N3. The molecule has 0 aliphatic rings. The molecule has 0 saturated carbocycles. The number of nitrogens with one attached hydrogen (secondary N) is 1. The monoisotopic (exact) mass is 251 g/mol. The summed E-state index contributed by atoms with van der Waals surface area (Å²) < 4.78 is 28.1. The van der Waals surface area contributed by atoms with Crippen LogP contribution in [0.4, 0.5) is 8.78 Å². The lowest BCUT2D eigenvalue weighted by atomic mass is 10.1. The second-order valence-corrected chi connectivity index (χ2v) is 4.11. The maximum Gasteiger partial charge on any atom is 0.130 e. The summed E-state index contributed by atoms with van der Waals surface area (Å²) in [5, 5.41) is 7.24. The van der Waals surface area contributed by atoms with Gasteiger partial charge < -0.3 is 5.32 Å². The quantitative estimate of drug-likeness (QED) is 0.885. The fourth-order valence-electron chi connectivity index (χ4n) is 1.79. The Balaban J connectivity index is 1.89. The van der Waals surface area contributed by atoms with Gasteiger partial charge in [-0.1, -0.05) is 6.07 Å². The van der Waals surface area contributed by atoms with Crippen LogP contribution < -0.4 is 5.32 Å². The van der Waals surface area contributed by atoms with Gasteiger partial charge in [0.1, 0.15) is 11.6 Å². The lowest BCUT2D eigenvalue weighted by Gasteiger charge is -2.15. The molecule has 0 aliphatic carbocycles. The van der Waals surface area contributed by atoms with E-state index in [-0.39, 0.29) is 6.04 Å². The Morgan fingerprint density at radius 3 is 2.89 bits per heavy atom. The molecule has 18 heavy (non-hydrogen) atoms. The summed E-state index contributed by atoms with van der Waals surface area (Å²) in [5.41, 5.74) is 0.469. The summed E-state index contributed by atoms with van der Waals surface area (Å²) in [6, 6.07) is 5.32. The molecule has 0 bridgehead atoms. The average Bonchev–Trinajstić information content (AvgIpc) is 2.81. The molecule has 0 amide bonds. The van der Waals surface area contributed by atoms with Gasteiger partial charge in [0.05, 0.1) is 6.54 Å². The molecule has 0 unspecified atom stereocenters. The molecule has 3 nitrogen and oxygen atoms in total. The number of aromatic nitrogens is 2. The predicted molar refractivity (Wildman–Crippen MR) is 65.0 cm³/mol. The van der Waals surface area contributed by atoms with Crippen LogP contribution in [0.15, 0.2) is 36.7 Å². The molecule has 2 aromatic rings. The normalized spacial score (nSPS) is 12.6. The van der Waals surface area contributed by atoms with E-state index in [9.17, 15) is 8.78 Å². The SMILES string of the molecule is C[C@@H](NCCn1cccn1)c1ccc(F)cc1F. The Kier molecular flexibility index (Phi) is 4.04. The van der Waals surface area contributed by atoms with Crippen molar-refractivity contribution in [2.75, 3.05) is 6.54 Å². The highest BCUT2D eigenvalue weighted by Crippen LogP contribution is 2.17. The smallest absolute Gasteiger partial charge is 0.130 e. The highest BCUT2D eigenvalue weighted by atomic mass is 19.1. The maximum absolute atomic E-state index is 13.5. The summed E-state index contributed by atoms with van der Waals surface area (Å²) in [6.45, 7) is 3.22. The van der Waals surface area contributed by atoms with Crippen molar-refractivity contribution < 1.29 is 8.78 Å². The Hall–Kier alpha value is -1.75. The predicted octanol–water partition coefficient (Wildman–Crippen LogP) is 2.51. The minimum absolute atomic E-state index is 0.166. The fourth-order valence-corrected chi connectivity index (χ4v) is 1.79. The Morgan fingerprint density at radius 1 is 1.39 bits per heavy atom. The zero-order valence-electron chi connectivity index (χ0n) is 10.1. The van der Waals surface area contributed by atoms with Gasteiger partial charge in [0.15, 0.2) is 0 Å². The second-order valence-electron chi connectivity index (χ2n) is 4.11. The van der Waals surface area contributed by atoms with E-state index in [1.807, 2.05) is 19.2 Å². The first-order valence-electron chi connectivity index (χ1n) is 5.82. The van der Waals surface area contributed by atoms with Gasteiger partial charge in [-0.3, -0.25) is 4.68 Å². The Labute approximate surface area is 104 Å². The summed E-state index contributed by atoms with van der Waals surface area (Å²) >= 11 is 0. The molecule has 0 fully saturated rings. The molecule has 1 aromatic carbocycles. The highest BCUT2D eigenvalue weighted by Gasteiger charge is 2.10. The van der Waals surface area contributed by atoms with Crippen LogP contribution >= 0.6 is 0 Å². The van der Waals surface area contributed by atoms with Crippen molar-refractivity contribution in [3.8, 4) is 0 Å². The average molecular weight is 251 g/mol. The molecule has 0 radical (unpaired) electrons. The van der Waals surface area contributed by atoms with Crippen LogP contribution in [0.1, 0.15) is 18.5 Å². The standard InChI is InChI=1S/C13H15F2N3/c1-10(12-4-3-11(14)9-13(12)15)16-6-8-18-7-2-5-17-18/h2-5,7,9-10,16H,6,8H2,1H3/t10-/m1/s1. The van der Waals surface area contributed by atoms with Crippen LogP contribution in [0.5, 0.6) is 0 Å². The first kappa shape index (κ1) is 12.7. The molecule has 5 heteroatoms. The molecule has 0 aliphatic heterocycles. The number of benzene rings is 1. The first-order chi connectivity index (χ1) is 8.66. The molecule has 96 valence electrons. The minimum Gasteiger partial charge on any atom is -0.308 e. The molecule has 1 heterocycles. The van der Waals surface area contributed by atoms with E-state index in [0.29, 0.717) is 18.7 Å². The zero-order chi connectivity index (χ0) is 13.0. The van der Waals surface area contributed by atoms with Gasteiger partial charge in [0.25, 0.3) is 0 Å². The van der Waals surface area contributed by atoms with Crippen LogP contribution in [-0.2, 0) is 6.54 Å². The van der Waals surface area contributed by atoms with E-state index in [0.717, 1.165) is 6.07 Å². The van der Waals surface area contributed by atoms with Crippen molar-refractivity contribution in [3.63, 3.8) is 0 Å². The summed E-state index contributed by atoms with van der Waals surface area (Å²) in [6.07, 6.45) is 3.58. The number of halogens is 2. The molecule has 0 saturated heterocycles. The second kappa shape index (κ2) is 5.73. The van der Waals surface area contributed by atoms with Crippen LogP contribution in [0, 0.1) is 11.6 Å². The Bertz CT molecular complexity index is 497. The minimum atomic E-state index is -0.556. The molecule has 1 aromatic heterocycles. The van der Waals surface area contributed by atoms with Gasteiger partial charge in [-0.15, -0.1) is 0 Å². The molecule has 0 spiro atoms. The first-order valence-corrected chi connectivity index (χ1v) is 5.82. The molecular weight excluding hydrogens is 236 g/mol. The molecule has 1 N–H and O–H groups in total. The molecule has 2 rings (SSSR count). The van der Waals surface area contributed by atoms with Crippen molar-refractivity contribution in [3.05, 3.63) is 53.9 Å². The third-order valence-corrected chi connectivity index (χ3v) is 2.78. The largest absolute Gasteiger partial charge is 0.308 e. The summed E-state index contributed by atoms with van der Waals surface area (Å²) in [4.78, 5) is 0. The van der Waals surface area contributed by atoms with Crippen molar-refractivity contribution in [2.45, 2.75) is 19.5 Å². The van der Waals surface area contributed by atoms with Crippen LogP contribution in [0.3, 0.4) is 0 Å². The lowest BCUT2D eigenvalue weighted by molar-refractivity contribution is 0.486. The summed E-state index contributed by atoms with van der Waals surface area (Å²) in [7, 11) is 0. The number of hydrogen-bond donors (Lipinski definition) is 1. The molecule has 1 atom stereocenters. The van der Waals surface area contributed by atoms with E-state index >= 15 is 0 Å². The highest BCUT2D eigenvalue weighted by molar-refractivity contribution is 5.21. The number of hydrogen-bond acceptors (Lipinski definition) is 2. The van der Waals surface area contributed by atoms with Gasteiger partial charge in [-0.2, -0.15) is 5.10 Å². The number of nitrogens with zero attached hydrogens (tertiary/aromatic N) is 2.